The van der Waals surface area contributed by atoms with E-state index in [0.29, 0.717) is 0 Å². The summed E-state index contributed by atoms with van der Waals surface area (Å²) in [5, 5.41) is 3.41. The van der Waals surface area contributed by atoms with E-state index in [-0.39, 0.29) is 0 Å². The molecule has 100 valence electrons. The zero-order valence-electron chi connectivity index (χ0n) is 11.3. The van der Waals surface area contributed by atoms with Crippen LogP contribution in [0, 0.1) is 0 Å². The third kappa shape index (κ3) is 4.92. The molecule has 0 radical (unpaired) electrons. The highest BCUT2D eigenvalue weighted by Gasteiger charge is 2.13. The molecule has 1 N–H and O–H groups in total. The van der Waals surface area contributed by atoms with E-state index in [1.54, 1.807) is 0 Å². The monoisotopic (exact) mass is 240 g/mol. The molecule has 0 unspecified atom stereocenters. The molecule has 2 rings (SSSR count). The van der Waals surface area contributed by atoms with Crippen LogP contribution in [-0.2, 0) is 0 Å². The second-order valence-electron chi connectivity index (χ2n) is 5.44. The fourth-order valence-corrected chi connectivity index (χ4v) is 2.68. The molecule has 4 heteroatoms. The van der Waals surface area contributed by atoms with Crippen molar-refractivity contribution in [1.82, 2.24) is 20.0 Å². The Morgan fingerprint density at radius 3 is 1.88 bits per heavy atom. The number of piperazine rings is 2. The first-order valence-corrected chi connectivity index (χ1v) is 7.18. The molecule has 17 heavy (non-hydrogen) atoms. The molecule has 0 aromatic carbocycles. The molecule has 2 fully saturated rings. The van der Waals surface area contributed by atoms with Gasteiger partial charge in [0.1, 0.15) is 0 Å². The van der Waals surface area contributed by atoms with Gasteiger partial charge in [0.15, 0.2) is 0 Å². The third-order valence-electron chi connectivity index (χ3n) is 4.00. The van der Waals surface area contributed by atoms with Gasteiger partial charge in [0.25, 0.3) is 0 Å². The molecule has 2 heterocycles. The van der Waals surface area contributed by atoms with Gasteiger partial charge in [-0.15, -0.1) is 0 Å². The van der Waals surface area contributed by atoms with Gasteiger partial charge >= 0.3 is 0 Å². The second-order valence-corrected chi connectivity index (χ2v) is 5.44. The van der Waals surface area contributed by atoms with Crippen molar-refractivity contribution in [3.8, 4) is 0 Å². The van der Waals surface area contributed by atoms with Crippen LogP contribution in [0.5, 0.6) is 0 Å². The predicted molar refractivity (Wildman–Crippen MR) is 72.5 cm³/mol. The van der Waals surface area contributed by atoms with Gasteiger partial charge in [0, 0.05) is 52.4 Å². The van der Waals surface area contributed by atoms with E-state index in [2.05, 4.69) is 27.1 Å². The minimum Gasteiger partial charge on any atom is -0.314 e. The third-order valence-corrected chi connectivity index (χ3v) is 4.00. The normalized spacial score (nSPS) is 25.2. The first-order valence-electron chi connectivity index (χ1n) is 7.18. The van der Waals surface area contributed by atoms with Gasteiger partial charge < -0.3 is 20.0 Å². The first kappa shape index (κ1) is 13.3. The minimum absolute atomic E-state index is 1.18. The highest BCUT2D eigenvalue weighted by atomic mass is 15.2. The van der Waals surface area contributed by atoms with Crippen molar-refractivity contribution in [2.45, 2.75) is 12.8 Å². The Labute approximate surface area is 106 Å². The SMILES string of the molecule is CN1CCN(CCCCN2CCNCC2)CC1. The molecule has 0 aromatic rings. The van der Waals surface area contributed by atoms with Gasteiger partial charge in [-0.25, -0.2) is 0 Å². The van der Waals surface area contributed by atoms with Crippen LogP contribution in [0.1, 0.15) is 12.8 Å². The topological polar surface area (TPSA) is 21.8 Å². The minimum atomic E-state index is 1.18. The largest absolute Gasteiger partial charge is 0.314 e. The van der Waals surface area contributed by atoms with Gasteiger partial charge in [-0.1, -0.05) is 0 Å². The standard InChI is InChI=1S/C13H28N4/c1-15-10-12-17(13-11-15)7-3-2-6-16-8-4-14-5-9-16/h14H,2-13H2,1H3. The summed E-state index contributed by atoms with van der Waals surface area (Å²) in [6.07, 6.45) is 2.74. The Bertz CT molecular complexity index is 196. The van der Waals surface area contributed by atoms with Crippen LogP contribution in [0.3, 0.4) is 0 Å². The number of likely N-dealkylation sites (N-methyl/N-ethyl adjacent to an activating group) is 1. The van der Waals surface area contributed by atoms with Gasteiger partial charge in [-0.05, 0) is 33.0 Å². The van der Waals surface area contributed by atoms with Crippen molar-refractivity contribution in [1.29, 1.82) is 0 Å². The summed E-state index contributed by atoms with van der Waals surface area (Å²) in [6, 6.07) is 0. The molecule has 0 spiro atoms. The maximum Gasteiger partial charge on any atom is 0.0110 e. The summed E-state index contributed by atoms with van der Waals surface area (Å²) < 4.78 is 0. The van der Waals surface area contributed by atoms with Crippen LogP contribution < -0.4 is 5.32 Å². The molecule has 0 bridgehead atoms. The van der Waals surface area contributed by atoms with Crippen molar-refractivity contribution in [3.05, 3.63) is 0 Å². The lowest BCUT2D eigenvalue weighted by molar-refractivity contribution is 0.149. The fourth-order valence-electron chi connectivity index (χ4n) is 2.68. The van der Waals surface area contributed by atoms with Gasteiger partial charge in [-0.3, -0.25) is 0 Å². The van der Waals surface area contributed by atoms with Crippen molar-refractivity contribution >= 4 is 0 Å². The van der Waals surface area contributed by atoms with Crippen LogP contribution in [0.2, 0.25) is 0 Å². The summed E-state index contributed by atoms with van der Waals surface area (Å²) in [5.41, 5.74) is 0. The first-order chi connectivity index (χ1) is 8.34. The Kier molecular flexibility index (Phi) is 5.71. The van der Waals surface area contributed by atoms with Crippen LogP contribution in [0.15, 0.2) is 0 Å². The highest BCUT2D eigenvalue weighted by Crippen LogP contribution is 2.03. The van der Waals surface area contributed by atoms with E-state index in [1.807, 2.05) is 0 Å². The molecule has 2 aliphatic rings. The average Bonchev–Trinajstić information content (AvgIpc) is 2.38. The molecule has 0 amide bonds. The number of nitrogens with one attached hydrogen (secondary N) is 1. The molecule has 0 atom stereocenters. The molecule has 4 nitrogen and oxygen atoms in total. The molecular weight excluding hydrogens is 212 g/mol. The fraction of sp³-hybridized carbons (Fsp3) is 1.00. The second kappa shape index (κ2) is 7.31. The Morgan fingerprint density at radius 2 is 1.29 bits per heavy atom. The summed E-state index contributed by atoms with van der Waals surface area (Å²) in [6.45, 7) is 12.5. The van der Waals surface area contributed by atoms with E-state index in [0.717, 1.165) is 0 Å². The molecular formula is C13H28N4. The summed E-state index contributed by atoms with van der Waals surface area (Å²) >= 11 is 0. The molecule has 2 saturated heterocycles. The number of rotatable bonds is 5. The maximum absolute atomic E-state index is 3.41. The predicted octanol–water partition coefficient (Wildman–Crippen LogP) is -0.0808. The number of nitrogens with zero attached hydrogens (tertiary/aromatic N) is 3. The molecule has 0 aromatic heterocycles. The average molecular weight is 240 g/mol. The van der Waals surface area contributed by atoms with Gasteiger partial charge in [0.2, 0.25) is 0 Å². The van der Waals surface area contributed by atoms with Crippen molar-refractivity contribution in [3.63, 3.8) is 0 Å². The lowest BCUT2D eigenvalue weighted by Crippen LogP contribution is -2.45. The van der Waals surface area contributed by atoms with Crippen LogP contribution in [0.4, 0.5) is 0 Å². The molecule has 2 aliphatic heterocycles. The van der Waals surface area contributed by atoms with E-state index < -0.39 is 0 Å². The van der Waals surface area contributed by atoms with Gasteiger partial charge in [0.05, 0.1) is 0 Å². The summed E-state index contributed by atoms with van der Waals surface area (Å²) in [4.78, 5) is 7.65. The highest BCUT2D eigenvalue weighted by molar-refractivity contribution is 4.70. The van der Waals surface area contributed by atoms with E-state index in [9.17, 15) is 0 Å². The zero-order valence-corrected chi connectivity index (χ0v) is 11.3. The molecule has 0 aliphatic carbocycles. The van der Waals surface area contributed by atoms with Crippen LogP contribution in [0.25, 0.3) is 0 Å². The Hall–Kier alpha value is -0.160. The quantitative estimate of drug-likeness (QED) is 0.679. The lowest BCUT2D eigenvalue weighted by Gasteiger charge is -2.32. The lowest BCUT2D eigenvalue weighted by atomic mass is 10.2. The van der Waals surface area contributed by atoms with Crippen molar-refractivity contribution in [2.75, 3.05) is 72.5 Å². The summed E-state index contributed by atoms with van der Waals surface area (Å²) in [5.74, 6) is 0. The number of unbranched alkanes of at least 4 members (excludes halogenated alkanes) is 1. The Balaban J connectivity index is 1.48. The van der Waals surface area contributed by atoms with E-state index in [4.69, 9.17) is 0 Å². The number of hydrogen-bond acceptors (Lipinski definition) is 4. The number of hydrogen-bond donors (Lipinski definition) is 1. The zero-order chi connectivity index (χ0) is 11.9. The van der Waals surface area contributed by atoms with Crippen LogP contribution in [-0.4, -0.2) is 87.2 Å². The smallest absolute Gasteiger partial charge is 0.0110 e. The maximum atomic E-state index is 3.41. The van der Waals surface area contributed by atoms with Crippen LogP contribution >= 0.6 is 0 Å². The molecule has 0 saturated carbocycles. The Morgan fingerprint density at radius 1 is 0.765 bits per heavy atom. The summed E-state index contributed by atoms with van der Waals surface area (Å²) in [7, 11) is 2.22. The van der Waals surface area contributed by atoms with Crippen molar-refractivity contribution in [2.24, 2.45) is 0 Å². The van der Waals surface area contributed by atoms with E-state index in [1.165, 1.54) is 78.3 Å². The van der Waals surface area contributed by atoms with Crippen molar-refractivity contribution < 1.29 is 0 Å². The van der Waals surface area contributed by atoms with Gasteiger partial charge in [-0.2, -0.15) is 0 Å². The van der Waals surface area contributed by atoms with E-state index >= 15 is 0 Å².